The van der Waals surface area contributed by atoms with E-state index in [1.54, 1.807) is 0 Å². The average Bonchev–Trinajstić information content (AvgIpc) is 2.75. The lowest BCUT2D eigenvalue weighted by Crippen LogP contribution is -2.08. The van der Waals surface area contributed by atoms with Gasteiger partial charge < -0.3 is 9.84 Å². The van der Waals surface area contributed by atoms with E-state index in [2.05, 4.69) is 15.5 Å². The summed E-state index contributed by atoms with van der Waals surface area (Å²) in [5, 5.41) is 6.90. The SMILES string of the molecule is [2H]Cc1noc(C2CCNC2)n1. The van der Waals surface area contributed by atoms with Crippen LogP contribution in [0.25, 0.3) is 0 Å². The van der Waals surface area contributed by atoms with E-state index >= 15 is 0 Å². The Hall–Kier alpha value is -0.900. The molecule has 1 fully saturated rings. The summed E-state index contributed by atoms with van der Waals surface area (Å²) < 4.78 is 12.0. The summed E-state index contributed by atoms with van der Waals surface area (Å²) in [6.45, 7) is 2.03. The molecule has 4 heteroatoms. The van der Waals surface area contributed by atoms with Gasteiger partial charge in [0.2, 0.25) is 5.89 Å². The summed E-state index contributed by atoms with van der Waals surface area (Å²) in [6.07, 6.45) is 1.06. The van der Waals surface area contributed by atoms with E-state index in [0.717, 1.165) is 19.5 Å². The van der Waals surface area contributed by atoms with Crippen LogP contribution in [0, 0.1) is 6.90 Å². The first-order valence-electron chi connectivity index (χ1n) is 4.43. The summed E-state index contributed by atoms with van der Waals surface area (Å²) in [5.41, 5.74) is 0. The van der Waals surface area contributed by atoms with Gasteiger partial charge in [0.25, 0.3) is 0 Å². The average molecular weight is 154 g/mol. The molecular weight excluding hydrogens is 142 g/mol. The molecule has 1 aliphatic rings. The minimum Gasteiger partial charge on any atom is -0.339 e. The van der Waals surface area contributed by atoms with Crippen molar-refractivity contribution in [2.45, 2.75) is 19.2 Å². The van der Waals surface area contributed by atoms with Crippen molar-refractivity contribution in [3.63, 3.8) is 0 Å². The molecule has 0 amide bonds. The van der Waals surface area contributed by atoms with Crippen LogP contribution >= 0.6 is 0 Å². The first-order valence-corrected chi connectivity index (χ1v) is 3.72. The molecule has 1 aromatic heterocycles. The van der Waals surface area contributed by atoms with Gasteiger partial charge >= 0.3 is 0 Å². The Labute approximate surface area is 66.4 Å². The fourth-order valence-electron chi connectivity index (χ4n) is 1.30. The minimum atomic E-state index is 0.101. The third-order valence-electron chi connectivity index (χ3n) is 1.89. The van der Waals surface area contributed by atoms with Gasteiger partial charge in [0.1, 0.15) is 0 Å². The Morgan fingerprint density at radius 1 is 1.82 bits per heavy atom. The summed E-state index contributed by atoms with van der Waals surface area (Å²) in [4.78, 5) is 4.11. The fourth-order valence-corrected chi connectivity index (χ4v) is 1.30. The normalized spacial score (nSPS) is 25.5. The second kappa shape index (κ2) is 2.62. The monoisotopic (exact) mass is 154 g/mol. The zero-order valence-electron chi connectivity index (χ0n) is 7.21. The van der Waals surface area contributed by atoms with Crippen LogP contribution in [0.4, 0.5) is 0 Å². The van der Waals surface area contributed by atoms with Crippen LogP contribution in [0.15, 0.2) is 4.52 Å². The van der Waals surface area contributed by atoms with Crippen molar-refractivity contribution in [1.29, 1.82) is 0 Å². The maximum absolute atomic E-state index is 7.03. The molecule has 2 rings (SSSR count). The number of nitrogens with one attached hydrogen (secondary N) is 1. The number of aromatic nitrogens is 2. The van der Waals surface area contributed by atoms with Gasteiger partial charge in [0.05, 0.1) is 5.92 Å². The third-order valence-corrected chi connectivity index (χ3v) is 1.89. The topological polar surface area (TPSA) is 51.0 Å². The highest BCUT2D eigenvalue weighted by atomic mass is 16.5. The Morgan fingerprint density at radius 2 is 2.82 bits per heavy atom. The standard InChI is InChI=1S/C7H11N3O/c1-5-9-7(11-10-5)6-2-3-8-4-6/h6,8H,2-4H2,1H3/i1D. The molecule has 0 aliphatic carbocycles. The van der Waals surface area contributed by atoms with Gasteiger partial charge in [-0.05, 0) is 19.9 Å². The van der Waals surface area contributed by atoms with Crippen LogP contribution < -0.4 is 5.32 Å². The molecule has 4 nitrogen and oxygen atoms in total. The van der Waals surface area contributed by atoms with E-state index < -0.39 is 0 Å². The molecule has 1 aromatic rings. The van der Waals surface area contributed by atoms with Crippen LogP contribution in [0.5, 0.6) is 0 Å². The van der Waals surface area contributed by atoms with Crippen LogP contribution in [0.1, 0.15) is 25.4 Å². The Morgan fingerprint density at radius 3 is 3.45 bits per heavy atom. The third kappa shape index (κ3) is 1.26. The smallest absolute Gasteiger partial charge is 0.231 e. The highest BCUT2D eigenvalue weighted by Gasteiger charge is 2.21. The predicted molar refractivity (Wildman–Crippen MR) is 39.3 cm³/mol. The number of aryl methyl sites for hydroxylation is 1. The van der Waals surface area contributed by atoms with Gasteiger partial charge in [-0.2, -0.15) is 4.98 Å². The maximum atomic E-state index is 7.03. The lowest BCUT2D eigenvalue weighted by Gasteiger charge is -1.97. The molecule has 1 aliphatic heterocycles. The molecule has 0 radical (unpaired) electrons. The van der Waals surface area contributed by atoms with Crippen LogP contribution in [0.3, 0.4) is 0 Å². The van der Waals surface area contributed by atoms with Crippen molar-refractivity contribution in [1.82, 2.24) is 15.5 Å². The molecule has 1 atom stereocenters. The van der Waals surface area contributed by atoms with Crippen molar-refractivity contribution in [3.8, 4) is 0 Å². The summed E-state index contributed by atoms with van der Waals surface area (Å²) in [5.74, 6) is 1.52. The largest absolute Gasteiger partial charge is 0.339 e. The van der Waals surface area contributed by atoms with E-state index in [1.165, 1.54) is 0 Å². The summed E-state index contributed by atoms with van der Waals surface area (Å²) in [7, 11) is 0. The second-order valence-electron chi connectivity index (χ2n) is 2.74. The fraction of sp³-hybridized carbons (Fsp3) is 0.714. The summed E-state index contributed by atoms with van der Waals surface area (Å²) in [6, 6.07) is 0. The molecule has 1 saturated heterocycles. The lowest BCUT2D eigenvalue weighted by molar-refractivity contribution is 0.356. The highest BCUT2D eigenvalue weighted by Crippen LogP contribution is 2.19. The molecule has 1 unspecified atom stereocenters. The number of hydrogen-bond acceptors (Lipinski definition) is 4. The number of hydrogen-bond donors (Lipinski definition) is 1. The first kappa shape index (κ1) is 5.71. The van der Waals surface area contributed by atoms with Gasteiger partial charge in [-0.3, -0.25) is 0 Å². The van der Waals surface area contributed by atoms with Gasteiger partial charge in [-0.15, -0.1) is 0 Å². The van der Waals surface area contributed by atoms with Crippen molar-refractivity contribution in [2.75, 3.05) is 13.1 Å². The maximum Gasteiger partial charge on any atom is 0.231 e. The van der Waals surface area contributed by atoms with Gasteiger partial charge in [0, 0.05) is 7.92 Å². The van der Waals surface area contributed by atoms with Crippen LogP contribution in [-0.2, 0) is 0 Å². The van der Waals surface area contributed by atoms with Crippen molar-refractivity contribution in [3.05, 3.63) is 11.7 Å². The molecule has 0 aromatic carbocycles. The molecule has 11 heavy (non-hydrogen) atoms. The highest BCUT2D eigenvalue weighted by molar-refractivity contribution is 4.96. The second-order valence-corrected chi connectivity index (χ2v) is 2.74. The quantitative estimate of drug-likeness (QED) is 0.638. The van der Waals surface area contributed by atoms with Gasteiger partial charge in [0.15, 0.2) is 5.82 Å². The number of rotatable bonds is 1. The Bertz CT molecular complexity index is 257. The lowest BCUT2D eigenvalue weighted by atomic mass is 10.1. The van der Waals surface area contributed by atoms with E-state index in [4.69, 9.17) is 5.89 Å². The Kier molecular flexibility index (Phi) is 1.36. The molecule has 60 valence electrons. The molecule has 1 N–H and O–H groups in total. The van der Waals surface area contributed by atoms with Crippen LogP contribution in [-0.4, -0.2) is 23.2 Å². The van der Waals surface area contributed by atoms with Crippen LogP contribution in [0.2, 0.25) is 0 Å². The van der Waals surface area contributed by atoms with Crippen molar-refractivity contribution >= 4 is 0 Å². The summed E-state index contributed by atoms with van der Waals surface area (Å²) >= 11 is 0. The van der Waals surface area contributed by atoms with Gasteiger partial charge in [-0.25, -0.2) is 0 Å². The molecule has 0 spiro atoms. The van der Waals surface area contributed by atoms with E-state index in [0.29, 0.717) is 17.6 Å². The minimum absolute atomic E-state index is 0.101. The molecule has 0 bridgehead atoms. The number of nitrogens with zero attached hydrogens (tertiary/aromatic N) is 2. The molecular formula is C7H11N3O. The van der Waals surface area contributed by atoms with Crippen molar-refractivity contribution < 1.29 is 5.89 Å². The van der Waals surface area contributed by atoms with E-state index in [1.807, 2.05) is 0 Å². The predicted octanol–water partition coefficient (Wildman–Crippen LogP) is 0.455. The first-order chi connectivity index (χ1) is 5.90. The molecule has 0 saturated carbocycles. The zero-order valence-corrected chi connectivity index (χ0v) is 6.21. The molecule has 2 heterocycles. The Balaban J connectivity index is 2.11. The van der Waals surface area contributed by atoms with E-state index in [-0.39, 0.29) is 6.90 Å². The van der Waals surface area contributed by atoms with Gasteiger partial charge in [-0.1, -0.05) is 5.16 Å². The zero-order chi connectivity index (χ0) is 8.39. The van der Waals surface area contributed by atoms with E-state index in [9.17, 15) is 0 Å². The van der Waals surface area contributed by atoms with Crippen molar-refractivity contribution in [2.24, 2.45) is 0 Å².